The van der Waals surface area contributed by atoms with E-state index in [1.54, 1.807) is 17.0 Å². The lowest BCUT2D eigenvalue weighted by molar-refractivity contribution is -0.139. The minimum absolute atomic E-state index is 0.00905. The molecule has 0 bridgehead atoms. The van der Waals surface area contributed by atoms with Crippen molar-refractivity contribution in [3.05, 3.63) is 90.5 Å². The van der Waals surface area contributed by atoms with E-state index >= 15 is 0 Å². The van der Waals surface area contributed by atoms with Crippen LogP contribution in [-0.2, 0) is 16.1 Å². The van der Waals surface area contributed by atoms with Gasteiger partial charge in [-0.05, 0) is 28.8 Å². The van der Waals surface area contributed by atoms with Crippen molar-refractivity contribution in [3.63, 3.8) is 0 Å². The molecule has 28 heavy (non-hydrogen) atoms. The van der Waals surface area contributed by atoms with Crippen LogP contribution in [0.15, 0.2) is 84.9 Å². The summed E-state index contributed by atoms with van der Waals surface area (Å²) in [6.07, 6.45) is 0.202. The Bertz CT molecular complexity index is 952. The fourth-order valence-corrected chi connectivity index (χ4v) is 3.43. The highest BCUT2D eigenvalue weighted by molar-refractivity contribution is 5.87. The third kappa shape index (κ3) is 4.12. The summed E-state index contributed by atoms with van der Waals surface area (Å²) >= 11 is 0. The number of likely N-dealkylation sites (tertiary alicyclic amines) is 1. The van der Waals surface area contributed by atoms with Gasteiger partial charge in [0.15, 0.2) is 0 Å². The molecule has 0 spiro atoms. The summed E-state index contributed by atoms with van der Waals surface area (Å²) in [5.41, 5.74) is 3.23. The summed E-state index contributed by atoms with van der Waals surface area (Å²) in [7, 11) is 0. The molecule has 3 aromatic carbocycles. The second-order valence-electron chi connectivity index (χ2n) is 6.97. The highest BCUT2D eigenvalue weighted by Gasteiger charge is 2.35. The average Bonchev–Trinajstić information content (AvgIpc) is 3.10. The molecule has 4 nitrogen and oxygen atoms in total. The van der Waals surface area contributed by atoms with Crippen molar-refractivity contribution < 1.29 is 14.3 Å². The molecule has 4 rings (SSSR count). The Morgan fingerprint density at radius 3 is 2.14 bits per heavy atom. The predicted octanol–water partition coefficient (Wildman–Crippen LogP) is 4.31. The third-order valence-electron chi connectivity index (χ3n) is 4.94. The number of rotatable bonds is 5. The Hall–Kier alpha value is -3.40. The van der Waals surface area contributed by atoms with Crippen LogP contribution in [0.25, 0.3) is 11.1 Å². The molecule has 1 aliphatic rings. The van der Waals surface area contributed by atoms with Crippen LogP contribution in [0.3, 0.4) is 0 Å². The van der Waals surface area contributed by atoms with Crippen LogP contribution in [-0.4, -0.2) is 23.3 Å². The molecule has 1 fully saturated rings. The summed E-state index contributed by atoms with van der Waals surface area (Å²) < 4.78 is 5.52. The van der Waals surface area contributed by atoms with E-state index < -0.39 is 5.92 Å². The van der Waals surface area contributed by atoms with Gasteiger partial charge in [-0.2, -0.15) is 0 Å². The van der Waals surface area contributed by atoms with Crippen LogP contribution in [0, 0.1) is 5.92 Å². The lowest BCUT2D eigenvalue weighted by Gasteiger charge is -2.16. The van der Waals surface area contributed by atoms with E-state index in [1.165, 1.54) is 0 Å². The molecular formula is C24H21NO3. The van der Waals surface area contributed by atoms with E-state index in [-0.39, 0.29) is 18.3 Å². The second kappa shape index (κ2) is 8.09. The number of esters is 1. The zero-order chi connectivity index (χ0) is 19.3. The van der Waals surface area contributed by atoms with Crippen molar-refractivity contribution in [1.82, 2.24) is 4.90 Å². The van der Waals surface area contributed by atoms with Gasteiger partial charge < -0.3 is 9.64 Å². The van der Waals surface area contributed by atoms with E-state index in [4.69, 9.17) is 4.74 Å². The molecule has 0 saturated carbocycles. The number of nitrogens with zero attached hydrogens (tertiary/aromatic N) is 1. The number of carbonyl (C=O) groups is 2. The molecule has 0 aromatic heterocycles. The number of carbonyl (C=O) groups excluding carboxylic acids is 2. The summed E-state index contributed by atoms with van der Waals surface area (Å²) in [6.45, 7) is 0.921. The first kappa shape index (κ1) is 18.0. The van der Waals surface area contributed by atoms with E-state index in [1.807, 2.05) is 72.8 Å². The van der Waals surface area contributed by atoms with Gasteiger partial charge in [0.05, 0.1) is 5.92 Å². The summed E-state index contributed by atoms with van der Waals surface area (Å²) in [6, 6.07) is 27.3. The van der Waals surface area contributed by atoms with Crippen LogP contribution in [0.4, 0.5) is 0 Å². The SMILES string of the molecule is O=C(Oc1ccc(-c2ccccc2)cc1)C1CC(=O)N(Cc2ccccc2)C1. The number of benzene rings is 3. The van der Waals surface area contributed by atoms with Crippen molar-refractivity contribution in [1.29, 1.82) is 0 Å². The Balaban J connectivity index is 1.37. The van der Waals surface area contributed by atoms with Crippen molar-refractivity contribution in [2.75, 3.05) is 6.54 Å². The monoisotopic (exact) mass is 371 g/mol. The lowest BCUT2D eigenvalue weighted by Crippen LogP contribution is -2.27. The highest BCUT2D eigenvalue weighted by atomic mass is 16.5. The standard InChI is InChI=1S/C24H21NO3/c26-23-15-21(17-25(23)16-18-7-3-1-4-8-18)24(27)28-22-13-11-20(12-14-22)19-9-5-2-6-10-19/h1-14,21H,15-17H2. The van der Waals surface area contributed by atoms with Crippen LogP contribution < -0.4 is 4.74 Å². The maximum atomic E-state index is 12.5. The molecule has 1 unspecified atom stereocenters. The van der Waals surface area contributed by atoms with Crippen LogP contribution in [0.1, 0.15) is 12.0 Å². The Kier molecular flexibility index (Phi) is 5.20. The van der Waals surface area contributed by atoms with Crippen molar-refractivity contribution in [2.45, 2.75) is 13.0 Å². The first-order chi connectivity index (χ1) is 13.7. The molecule has 140 valence electrons. The molecule has 0 N–H and O–H groups in total. The summed E-state index contributed by atoms with van der Waals surface area (Å²) in [4.78, 5) is 26.5. The van der Waals surface area contributed by atoms with Gasteiger partial charge in [0.25, 0.3) is 0 Å². The topological polar surface area (TPSA) is 46.6 Å². The second-order valence-corrected chi connectivity index (χ2v) is 6.97. The fourth-order valence-electron chi connectivity index (χ4n) is 3.43. The number of ether oxygens (including phenoxy) is 1. The van der Waals surface area contributed by atoms with Gasteiger partial charge in [-0.3, -0.25) is 9.59 Å². The molecule has 1 heterocycles. The van der Waals surface area contributed by atoms with E-state index in [9.17, 15) is 9.59 Å². The van der Waals surface area contributed by atoms with Crippen LogP contribution in [0.5, 0.6) is 5.75 Å². The Morgan fingerprint density at radius 2 is 1.46 bits per heavy atom. The molecular weight excluding hydrogens is 350 g/mol. The quantitative estimate of drug-likeness (QED) is 0.496. The van der Waals surface area contributed by atoms with Crippen molar-refractivity contribution in [2.24, 2.45) is 5.92 Å². The van der Waals surface area contributed by atoms with Crippen LogP contribution >= 0.6 is 0 Å². The zero-order valence-electron chi connectivity index (χ0n) is 15.5. The highest BCUT2D eigenvalue weighted by Crippen LogP contribution is 2.25. The normalized spacial score (nSPS) is 16.2. The van der Waals surface area contributed by atoms with E-state index in [0.29, 0.717) is 18.8 Å². The fraction of sp³-hybridized carbons (Fsp3) is 0.167. The average molecular weight is 371 g/mol. The molecule has 3 aromatic rings. The molecule has 1 amide bonds. The smallest absolute Gasteiger partial charge is 0.316 e. The predicted molar refractivity (Wildman–Crippen MR) is 107 cm³/mol. The minimum atomic E-state index is -0.426. The molecule has 0 aliphatic carbocycles. The van der Waals surface area contributed by atoms with Gasteiger partial charge in [-0.15, -0.1) is 0 Å². The summed E-state index contributed by atoms with van der Waals surface area (Å²) in [5, 5.41) is 0. The molecule has 1 aliphatic heterocycles. The van der Waals surface area contributed by atoms with E-state index in [2.05, 4.69) is 0 Å². The first-order valence-corrected chi connectivity index (χ1v) is 9.38. The van der Waals surface area contributed by atoms with E-state index in [0.717, 1.165) is 16.7 Å². The molecule has 4 heteroatoms. The number of amides is 1. The van der Waals surface area contributed by atoms with Crippen molar-refractivity contribution in [3.8, 4) is 16.9 Å². The number of hydrogen-bond acceptors (Lipinski definition) is 3. The Labute approximate surface area is 164 Å². The maximum Gasteiger partial charge on any atom is 0.316 e. The lowest BCUT2D eigenvalue weighted by atomic mass is 10.1. The van der Waals surface area contributed by atoms with Gasteiger partial charge in [0.2, 0.25) is 5.91 Å². The van der Waals surface area contributed by atoms with Gasteiger partial charge in [0, 0.05) is 19.5 Å². The third-order valence-corrected chi connectivity index (χ3v) is 4.94. The maximum absolute atomic E-state index is 12.5. The van der Waals surface area contributed by atoms with Gasteiger partial charge >= 0.3 is 5.97 Å². The zero-order valence-corrected chi connectivity index (χ0v) is 15.5. The largest absolute Gasteiger partial charge is 0.426 e. The first-order valence-electron chi connectivity index (χ1n) is 9.38. The Morgan fingerprint density at radius 1 is 0.857 bits per heavy atom. The van der Waals surface area contributed by atoms with Crippen molar-refractivity contribution >= 4 is 11.9 Å². The summed E-state index contributed by atoms with van der Waals surface area (Å²) in [5.74, 6) is -0.287. The van der Waals surface area contributed by atoms with Gasteiger partial charge in [0.1, 0.15) is 5.75 Å². The molecule has 1 saturated heterocycles. The minimum Gasteiger partial charge on any atom is -0.426 e. The van der Waals surface area contributed by atoms with Gasteiger partial charge in [-0.1, -0.05) is 72.8 Å². The van der Waals surface area contributed by atoms with Gasteiger partial charge in [-0.25, -0.2) is 0 Å². The number of hydrogen-bond donors (Lipinski definition) is 0. The molecule has 1 atom stereocenters. The van der Waals surface area contributed by atoms with Crippen LogP contribution in [0.2, 0.25) is 0 Å². The molecule has 0 radical (unpaired) electrons.